The zero-order chi connectivity index (χ0) is 34.9. The Labute approximate surface area is 279 Å². The molecule has 0 spiro atoms. The number of nitrogens with two attached hydrogens (primary N) is 1. The summed E-state index contributed by atoms with van der Waals surface area (Å²) in [6, 6.07) is 25.4. The number of hydrogen-bond donors (Lipinski definition) is 1. The van der Waals surface area contributed by atoms with Gasteiger partial charge in [0.15, 0.2) is 38.0 Å². The van der Waals surface area contributed by atoms with E-state index in [1.807, 2.05) is 94.5 Å². The number of nitrogens with zero attached hydrogens (tertiary/aromatic N) is 2. The molecule has 1 aliphatic rings. The Hall–Kier alpha value is -3.97. The number of nitrogen functional groups attached to an aromatic ring is 1. The van der Waals surface area contributed by atoms with Crippen LogP contribution in [0.3, 0.4) is 0 Å². The first-order valence-corrected chi connectivity index (χ1v) is 18.6. The highest BCUT2D eigenvalue weighted by atomic mass is 28.4. The van der Waals surface area contributed by atoms with Crippen LogP contribution >= 0.6 is 0 Å². The van der Waals surface area contributed by atoms with Crippen LogP contribution in [-0.2, 0) is 19.5 Å². The number of alkyl halides is 2. The second kappa shape index (κ2) is 13.5. The molecule has 0 unspecified atom stereocenters. The molecular formula is C36H42F3N3O5Si. The number of aromatic nitrogens is 2. The summed E-state index contributed by atoms with van der Waals surface area (Å²) in [6.45, 7) is 8.38. The van der Waals surface area contributed by atoms with E-state index in [1.165, 1.54) is 0 Å². The minimum absolute atomic E-state index is 0.282. The smallest absolute Gasteiger partial charge is 0.351 e. The van der Waals surface area contributed by atoms with E-state index < -0.39 is 68.6 Å². The van der Waals surface area contributed by atoms with Crippen LogP contribution in [0.2, 0.25) is 18.1 Å². The molecule has 0 radical (unpaired) electrons. The van der Waals surface area contributed by atoms with E-state index in [0.717, 1.165) is 0 Å². The molecule has 0 amide bonds. The number of ether oxygens (including phenoxy) is 3. The molecule has 4 aromatic rings. The third kappa shape index (κ3) is 6.41. The van der Waals surface area contributed by atoms with Gasteiger partial charge in [-0.25, -0.2) is 18.0 Å². The summed E-state index contributed by atoms with van der Waals surface area (Å²) in [4.78, 5) is 16.5. The summed E-state index contributed by atoms with van der Waals surface area (Å²) in [5.41, 5.74) is 2.68. The molecule has 48 heavy (non-hydrogen) atoms. The Bertz CT molecular complexity index is 1710. The summed E-state index contributed by atoms with van der Waals surface area (Å²) >= 11 is 0. The maximum Gasteiger partial charge on any atom is 0.351 e. The molecule has 4 atom stereocenters. The van der Waals surface area contributed by atoms with E-state index >= 15 is 8.78 Å². The van der Waals surface area contributed by atoms with E-state index in [-0.39, 0.29) is 5.04 Å². The van der Waals surface area contributed by atoms with E-state index in [2.05, 4.69) is 4.98 Å². The van der Waals surface area contributed by atoms with Crippen LogP contribution in [0.15, 0.2) is 95.9 Å². The fourth-order valence-corrected chi connectivity index (χ4v) is 6.72. The largest absolute Gasteiger partial charge is 0.497 e. The normalized spacial score (nSPS) is 21.7. The van der Waals surface area contributed by atoms with Crippen molar-refractivity contribution in [2.75, 3.05) is 26.1 Å². The molecule has 2 heterocycles. The van der Waals surface area contributed by atoms with Gasteiger partial charge < -0.3 is 24.4 Å². The van der Waals surface area contributed by atoms with Crippen LogP contribution in [0.1, 0.15) is 43.7 Å². The molecule has 12 heteroatoms. The van der Waals surface area contributed by atoms with Crippen molar-refractivity contribution >= 4 is 14.1 Å². The maximum absolute atomic E-state index is 17.3. The van der Waals surface area contributed by atoms with Crippen LogP contribution in [-0.4, -0.2) is 56.1 Å². The number of anilines is 1. The van der Waals surface area contributed by atoms with Crippen molar-refractivity contribution < 1.29 is 31.8 Å². The molecule has 0 saturated carbocycles. The average molecular weight is 682 g/mol. The molecule has 1 aromatic heterocycles. The fraction of sp³-hybridized carbons (Fsp3) is 0.389. The van der Waals surface area contributed by atoms with Gasteiger partial charge in [-0.1, -0.05) is 93.6 Å². The minimum Gasteiger partial charge on any atom is -0.497 e. The first-order valence-electron chi connectivity index (χ1n) is 15.7. The molecule has 3 aromatic carbocycles. The van der Waals surface area contributed by atoms with Crippen molar-refractivity contribution in [1.29, 1.82) is 0 Å². The number of hydrogen-bond acceptors (Lipinski definition) is 7. The molecule has 0 bridgehead atoms. The molecule has 5 rings (SSSR count). The lowest BCUT2D eigenvalue weighted by Gasteiger charge is -2.44. The predicted molar refractivity (Wildman–Crippen MR) is 180 cm³/mol. The van der Waals surface area contributed by atoms with Crippen molar-refractivity contribution in [1.82, 2.24) is 9.55 Å². The summed E-state index contributed by atoms with van der Waals surface area (Å²) < 4.78 is 73.6. The first-order chi connectivity index (χ1) is 22.7. The SMILES string of the molecule is COc1ccc(C(O[C@H]2[C@H](F)[C@H](n3cc(F)c(N)nc3=O)O[C@]2(CF)CO[Si](C)(C)C(C)(C)C)(c2ccccc2)c2ccccc2)cc1. The molecule has 2 N–H and O–H groups in total. The van der Waals surface area contributed by atoms with Gasteiger partial charge in [0.1, 0.15) is 24.1 Å². The quantitative estimate of drug-likeness (QED) is 0.135. The highest BCUT2D eigenvalue weighted by Crippen LogP contribution is 2.50. The zero-order valence-corrected chi connectivity index (χ0v) is 29.0. The Morgan fingerprint density at radius 1 is 0.958 bits per heavy atom. The van der Waals surface area contributed by atoms with Crippen molar-refractivity contribution in [2.24, 2.45) is 0 Å². The number of rotatable bonds is 11. The van der Waals surface area contributed by atoms with Gasteiger partial charge in [0.05, 0.1) is 19.9 Å². The van der Waals surface area contributed by atoms with Gasteiger partial charge in [0.2, 0.25) is 0 Å². The first kappa shape index (κ1) is 35.3. The molecule has 1 aliphatic heterocycles. The Morgan fingerprint density at radius 3 is 2.00 bits per heavy atom. The van der Waals surface area contributed by atoms with E-state index in [9.17, 15) is 9.18 Å². The predicted octanol–water partition coefficient (Wildman–Crippen LogP) is 6.95. The Kier molecular flexibility index (Phi) is 9.94. The second-order valence-electron chi connectivity index (χ2n) is 13.5. The van der Waals surface area contributed by atoms with Crippen LogP contribution < -0.4 is 16.2 Å². The van der Waals surface area contributed by atoms with Crippen molar-refractivity contribution in [3.05, 3.63) is 124 Å². The van der Waals surface area contributed by atoms with Gasteiger partial charge in [0, 0.05) is 0 Å². The molecular weight excluding hydrogens is 639 g/mol. The second-order valence-corrected chi connectivity index (χ2v) is 18.4. The average Bonchev–Trinajstić information content (AvgIpc) is 3.35. The highest BCUT2D eigenvalue weighted by molar-refractivity contribution is 6.74. The highest BCUT2D eigenvalue weighted by Gasteiger charge is 2.61. The van der Waals surface area contributed by atoms with Crippen molar-refractivity contribution in [2.45, 2.75) is 68.6 Å². The molecule has 8 nitrogen and oxygen atoms in total. The Morgan fingerprint density at radius 2 is 1.50 bits per heavy atom. The molecule has 256 valence electrons. The van der Waals surface area contributed by atoms with Gasteiger partial charge in [0.25, 0.3) is 0 Å². The monoisotopic (exact) mass is 681 g/mol. The summed E-state index contributed by atoms with van der Waals surface area (Å²) in [5, 5.41) is -0.282. The number of benzene rings is 3. The van der Waals surface area contributed by atoms with Gasteiger partial charge in [-0.05, 0) is 47.0 Å². The van der Waals surface area contributed by atoms with E-state index in [0.29, 0.717) is 33.2 Å². The molecule has 0 aliphatic carbocycles. The Balaban J connectivity index is 1.75. The summed E-state index contributed by atoms with van der Waals surface area (Å²) in [6.07, 6.45) is -4.99. The zero-order valence-electron chi connectivity index (χ0n) is 28.0. The van der Waals surface area contributed by atoms with Crippen molar-refractivity contribution in [3.63, 3.8) is 0 Å². The number of halogens is 3. The topological polar surface area (TPSA) is 97.8 Å². The van der Waals surface area contributed by atoms with Crippen LogP contribution in [0, 0.1) is 5.82 Å². The minimum atomic E-state index is -2.57. The third-order valence-corrected chi connectivity index (χ3v) is 14.0. The lowest BCUT2D eigenvalue weighted by atomic mass is 9.79. The molecule has 1 saturated heterocycles. The lowest BCUT2D eigenvalue weighted by molar-refractivity contribution is -0.170. The van der Waals surface area contributed by atoms with Crippen molar-refractivity contribution in [3.8, 4) is 5.75 Å². The van der Waals surface area contributed by atoms with Gasteiger partial charge in [-0.15, -0.1) is 0 Å². The summed E-state index contributed by atoms with van der Waals surface area (Å²) in [7, 11) is -1.03. The van der Waals surface area contributed by atoms with Gasteiger partial charge >= 0.3 is 5.69 Å². The fourth-order valence-electron chi connectivity index (χ4n) is 5.68. The lowest BCUT2D eigenvalue weighted by Crippen LogP contribution is -2.56. The number of methoxy groups -OCH3 is 1. The van der Waals surface area contributed by atoms with Gasteiger partial charge in [-0.3, -0.25) is 4.57 Å². The maximum atomic E-state index is 17.3. The van der Waals surface area contributed by atoms with Crippen LogP contribution in [0.25, 0.3) is 0 Å². The van der Waals surface area contributed by atoms with Crippen LogP contribution in [0.4, 0.5) is 19.0 Å². The van der Waals surface area contributed by atoms with Crippen LogP contribution in [0.5, 0.6) is 5.75 Å². The summed E-state index contributed by atoms with van der Waals surface area (Å²) in [5.74, 6) is -1.12. The third-order valence-electron chi connectivity index (χ3n) is 9.51. The van der Waals surface area contributed by atoms with E-state index in [4.69, 9.17) is 24.4 Å². The van der Waals surface area contributed by atoms with E-state index in [1.54, 1.807) is 31.4 Å². The molecule has 1 fully saturated rings. The standard InChI is InChI=1S/C36H42F3N3O5Si/c1-34(2,3)48(5,6)45-23-35(22-37)30(29(39)32(47-35)42-21-28(38)31(40)41-33(42)43)46-36(24-13-9-7-10-14-24,25-15-11-8-12-16-25)26-17-19-27(44-4)20-18-26/h7-21,29-30,32H,22-23H2,1-6H3,(H2,40,41,43)/t29-,30-,32+,35+/m0/s1. The van der Waals surface area contributed by atoms with Gasteiger partial charge in [-0.2, -0.15) is 4.98 Å².